The Kier molecular flexibility index (Phi) is 9.68. The molecule has 0 radical (unpaired) electrons. The number of hydrogen-bond acceptors (Lipinski definition) is 5. The van der Waals surface area contributed by atoms with Crippen molar-refractivity contribution in [2.24, 2.45) is 0 Å². The first-order valence-electron chi connectivity index (χ1n) is 12.0. The molecule has 2 aromatic rings. The van der Waals surface area contributed by atoms with Crippen LogP contribution < -0.4 is 10.2 Å². The topological polar surface area (TPSA) is 73.0 Å². The van der Waals surface area contributed by atoms with Gasteiger partial charge in [-0.05, 0) is 48.9 Å². The molecule has 8 heteroatoms. The van der Waals surface area contributed by atoms with E-state index in [1.165, 1.54) is 16.1 Å². The van der Waals surface area contributed by atoms with Crippen molar-refractivity contribution >= 4 is 27.7 Å². The van der Waals surface area contributed by atoms with Crippen molar-refractivity contribution in [1.29, 1.82) is 0 Å². The standard InChI is InChI=1S/C26H36N4O3S/c1-3-30(4-2)34(32,33)25-14-11-23(12-15-25)13-16-26(31)27-17-8-18-28-19-21-29(22-20-28)24-9-6-5-7-10-24/h5-7,9-16H,3-4,8,17-22H2,1-2H3,(H,27,31)/b16-13+. The Labute approximate surface area is 204 Å². The van der Waals surface area contributed by atoms with Crippen LogP contribution in [0.1, 0.15) is 25.8 Å². The van der Waals surface area contributed by atoms with Gasteiger partial charge in [0.1, 0.15) is 0 Å². The first-order chi connectivity index (χ1) is 16.4. The molecule has 0 bridgehead atoms. The number of piperazine rings is 1. The summed E-state index contributed by atoms with van der Waals surface area (Å²) in [6.07, 6.45) is 4.10. The molecule has 3 rings (SSSR count). The second-order valence-corrected chi connectivity index (χ2v) is 10.2. The summed E-state index contributed by atoms with van der Waals surface area (Å²) in [5, 5.41) is 2.93. The van der Waals surface area contributed by atoms with Gasteiger partial charge in [0.2, 0.25) is 15.9 Å². The van der Waals surface area contributed by atoms with E-state index in [2.05, 4.69) is 39.4 Å². The fourth-order valence-electron chi connectivity index (χ4n) is 4.08. The first kappa shape index (κ1) is 25.9. The fourth-order valence-corrected chi connectivity index (χ4v) is 5.54. The normalized spacial score (nSPS) is 15.2. The summed E-state index contributed by atoms with van der Waals surface area (Å²) in [6, 6.07) is 17.1. The molecular weight excluding hydrogens is 448 g/mol. The average Bonchev–Trinajstić information content (AvgIpc) is 2.87. The summed E-state index contributed by atoms with van der Waals surface area (Å²) >= 11 is 0. The van der Waals surface area contributed by atoms with Crippen LogP contribution in [0.2, 0.25) is 0 Å². The molecule has 1 saturated heterocycles. The maximum atomic E-state index is 12.6. The highest BCUT2D eigenvalue weighted by molar-refractivity contribution is 7.89. The lowest BCUT2D eigenvalue weighted by Gasteiger charge is -2.36. The van der Waals surface area contributed by atoms with E-state index in [9.17, 15) is 13.2 Å². The van der Waals surface area contributed by atoms with Crippen LogP contribution >= 0.6 is 0 Å². The highest BCUT2D eigenvalue weighted by Crippen LogP contribution is 2.17. The Morgan fingerprint density at radius 2 is 1.62 bits per heavy atom. The number of nitrogens with zero attached hydrogens (tertiary/aromatic N) is 3. The number of hydrogen-bond donors (Lipinski definition) is 1. The zero-order valence-corrected chi connectivity index (χ0v) is 21.0. The van der Waals surface area contributed by atoms with Crippen molar-refractivity contribution in [2.75, 3.05) is 57.3 Å². The fraction of sp³-hybridized carbons (Fsp3) is 0.423. The minimum Gasteiger partial charge on any atom is -0.369 e. The number of nitrogens with one attached hydrogen (secondary N) is 1. The van der Waals surface area contributed by atoms with Gasteiger partial charge in [-0.15, -0.1) is 0 Å². The largest absolute Gasteiger partial charge is 0.369 e. The highest BCUT2D eigenvalue weighted by Gasteiger charge is 2.21. The van der Waals surface area contributed by atoms with Crippen LogP contribution in [0.3, 0.4) is 0 Å². The van der Waals surface area contributed by atoms with E-state index in [1.807, 2.05) is 19.9 Å². The Balaban J connectivity index is 1.36. The predicted octanol–water partition coefficient (Wildman–Crippen LogP) is 3.06. The molecule has 0 atom stereocenters. The summed E-state index contributed by atoms with van der Waals surface area (Å²) in [7, 11) is -3.47. The number of amides is 1. The molecule has 1 fully saturated rings. The maximum Gasteiger partial charge on any atom is 0.243 e. The van der Waals surface area contributed by atoms with Gasteiger partial charge in [-0.2, -0.15) is 4.31 Å². The van der Waals surface area contributed by atoms with E-state index in [0.29, 0.717) is 19.6 Å². The predicted molar refractivity (Wildman–Crippen MR) is 138 cm³/mol. The molecule has 0 aromatic heterocycles. The first-order valence-corrected chi connectivity index (χ1v) is 13.5. The Morgan fingerprint density at radius 3 is 2.24 bits per heavy atom. The maximum absolute atomic E-state index is 12.6. The van der Waals surface area contributed by atoms with Gasteiger partial charge in [0.25, 0.3) is 0 Å². The summed E-state index contributed by atoms with van der Waals surface area (Å²) in [4.78, 5) is 17.3. The lowest BCUT2D eigenvalue weighted by molar-refractivity contribution is -0.116. The third kappa shape index (κ3) is 7.16. The number of carbonyl (C=O) groups excluding carboxylic acids is 1. The molecule has 2 aromatic carbocycles. The molecule has 1 amide bonds. The Bertz CT molecular complexity index is 1030. The van der Waals surface area contributed by atoms with Crippen molar-refractivity contribution in [2.45, 2.75) is 25.2 Å². The van der Waals surface area contributed by atoms with Crippen LogP contribution in [0.15, 0.2) is 65.6 Å². The van der Waals surface area contributed by atoms with Crippen LogP contribution in [0.4, 0.5) is 5.69 Å². The summed E-state index contributed by atoms with van der Waals surface area (Å²) in [5.74, 6) is -0.145. The van der Waals surface area contributed by atoms with Crippen LogP contribution in [0.25, 0.3) is 6.08 Å². The van der Waals surface area contributed by atoms with E-state index in [1.54, 1.807) is 30.3 Å². The van der Waals surface area contributed by atoms with Gasteiger partial charge in [0.15, 0.2) is 0 Å². The molecule has 184 valence electrons. The van der Waals surface area contributed by atoms with Crippen LogP contribution in [-0.2, 0) is 14.8 Å². The molecular formula is C26H36N4O3S. The Morgan fingerprint density at radius 1 is 0.971 bits per heavy atom. The van der Waals surface area contributed by atoms with E-state index in [-0.39, 0.29) is 10.8 Å². The van der Waals surface area contributed by atoms with Crippen LogP contribution in [0.5, 0.6) is 0 Å². The number of rotatable bonds is 11. The molecule has 1 aliphatic rings. The summed E-state index contributed by atoms with van der Waals surface area (Å²) < 4.78 is 26.5. The van der Waals surface area contributed by atoms with Gasteiger partial charge in [-0.25, -0.2) is 8.42 Å². The zero-order valence-electron chi connectivity index (χ0n) is 20.2. The van der Waals surface area contributed by atoms with Crippen molar-refractivity contribution in [1.82, 2.24) is 14.5 Å². The molecule has 34 heavy (non-hydrogen) atoms. The molecule has 0 spiro atoms. The minimum atomic E-state index is -3.47. The second kappa shape index (κ2) is 12.7. The molecule has 1 N–H and O–H groups in total. The minimum absolute atomic E-state index is 0.145. The van der Waals surface area contributed by atoms with Gasteiger partial charge in [0, 0.05) is 57.6 Å². The molecule has 1 heterocycles. The van der Waals surface area contributed by atoms with E-state index >= 15 is 0 Å². The van der Waals surface area contributed by atoms with Crippen LogP contribution in [-0.4, -0.2) is 75.9 Å². The Hall–Kier alpha value is -2.68. The van der Waals surface area contributed by atoms with Gasteiger partial charge in [-0.1, -0.05) is 44.2 Å². The quantitative estimate of drug-likeness (QED) is 0.392. The lowest BCUT2D eigenvalue weighted by Crippen LogP contribution is -2.47. The van der Waals surface area contributed by atoms with Crippen molar-refractivity contribution < 1.29 is 13.2 Å². The SMILES string of the molecule is CCN(CC)S(=O)(=O)c1ccc(/C=C/C(=O)NCCCN2CCN(c3ccccc3)CC2)cc1. The van der Waals surface area contributed by atoms with E-state index in [4.69, 9.17) is 0 Å². The molecule has 7 nitrogen and oxygen atoms in total. The summed E-state index contributed by atoms with van der Waals surface area (Å²) in [5.41, 5.74) is 2.06. The van der Waals surface area contributed by atoms with Gasteiger partial charge in [-0.3, -0.25) is 9.69 Å². The number of anilines is 1. The summed E-state index contributed by atoms with van der Waals surface area (Å²) in [6.45, 7) is 10.2. The molecule has 0 unspecified atom stereocenters. The lowest BCUT2D eigenvalue weighted by atomic mass is 10.2. The number of sulfonamides is 1. The van der Waals surface area contributed by atoms with Gasteiger partial charge in [0.05, 0.1) is 4.90 Å². The number of benzene rings is 2. The van der Waals surface area contributed by atoms with Crippen molar-refractivity contribution in [3.05, 3.63) is 66.2 Å². The van der Waals surface area contributed by atoms with E-state index in [0.717, 1.165) is 44.7 Å². The zero-order chi connectivity index (χ0) is 24.4. The van der Waals surface area contributed by atoms with E-state index < -0.39 is 10.0 Å². The molecule has 0 aliphatic carbocycles. The van der Waals surface area contributed by atoms with Crippen molar-refractivity contribution in [3.63, 3.8) is 0 Å². The molecule has 0 saturated carbocycles. The van der Waals surface area contributed by atoms with Crippen LogP contribution in [0, 0.1) is 0 Å². The highest BCUT2D eigenvalue weighted by atomic mass is 32.2. The number of para-hydroxylation sites is 1. The smallest absolute Gasteiger partial charge is 0.243 e. The van der Waals surface area contributed by atoms with Gasteiger partial charge < -0.3 is 10.2 Å². The van der Waals surface area contributed by atoms with Crippen molar-refractivity contribution in [3.8, 4) is 0 Å². The molecule has 1 aliphatic heterocycles. The number of carbonyl (C=O) groups is 1. The monoisotopic (exact) mass is 484 g/mol. The third-order valence-corrected chi connectivity index (χ3v) is 8.16. The second-order valence-electron chi connectivity index (χ2n) is 8.30. The third-order valence-electron chi connectivity index (χ3n) is 6.09. The van der Waals surface area contributed by atoms with Gasteiger partial charge >= 0.3 is 0 Å². The average molecular weight is 485 g/mol.